The summed E-state index contributed by atoms with van der Waals surface area (Å²) >= 11 is 2.45. The van der Waals surface area contributed by atoms with Crippen molar-refractivity contribution >= 4 is 22.6 Å². The van der Waals surface area contributed by atoms with Crippen molar-refractivity contribution in [3.8, 4) is 0 Å². The predicted octanol–water partition coefficient (Wildman–Crippen LogP) is 4.41. The molecule has 0 amide bonds. The van der Waals surface area contributed by atoms with Crippen molar-refractivity contribution in [2.24, 2.45) is 11.8 Å². The van der Waals surface area contributed by atoms with Crippen LogP contribution in [0.25, 0.3) is 0 Å². The minimum absolute atomic E-state index is 0.328. The van der Waals surface area contributed by atoms with Crippen LogP contribution in [0.1, 0.15) is 52.9 Å². The Morgan fingerprint density at radius 1 is 1.41 bits per heavy atom. The number of halogens is 1. The smallest absolute Gasteiger partial charge is 0.111 e. The van der Waals surface area contributed by atoms with Gasteiger partial charge in [-0.25, -0.2) is 0 Å². The van der Waals surface area contributed by atoms with Crippen molar-refractivity contribution in [1.82, 2.24) is 0 Å². The molecule has 102 valence electrons. The standard InChI is InChI=1S/C14H27IO2/c1-4-6-11(2)9-12(3)14(15)17-13-7-5-8-16-10-13/h11-14H,4-10H2,1-3H3. The van der Waals surface area contributed by atoms with E-state index >= 15 is 0 Å². The Labute approximate surface area is 120 Å². The maximum absolute atomic E-state index is 6.09. The van der Waals surface area contributed by atoms with E-state index in [1.165, 1.54) is 19.3 Å². The third-order valence-electron chi connectivity index (χ3n) is 3.44. The maximum atomic E-state index is 6.09. The highest BCUT2D eigenvalue weighted by molar-refractivity contribution is 14.1. The molecule has 4 atom stereocenters. The Morgan fingerprint density at radius 3 is 2.76 bits per heavy atom. The molecule has 1 aliphatic heterocycles. The van der Waals surface area contributed by atoms with Gasteiger partial charge in [-0.05, 0) is 31.1 Å². The lowest BCUT2D eigenvalue weighted by molar-refractivity contribution is -0.0664. The van der Waals surface area contributed by atoms with Gasteiger partial charge in [-0.1, -0.05) is 56.2 Å². The highest BCUT2D eigenvalue weighted by Gasteiger charge is 2.22. The molecule has 0 bridgehead atoms. The number of hydrogen-bond acceptors (Lipinski definition) is 2. The lowest BCUT2D eigenvalue weighted by Gasteiger charge is -2.29. The summed E-state index contributed by atoms with van der Waals surface area (Å²) in [6.45, 7) is 8.63. The van der Waals surface area contributed by atoms with Crippen LogP contribution in [0.15, 0.2) is 0 Å². The minimum atomic E-state index is 0.328. The van der Waals surface area contributed by atoms with E-state index in [2.05, 4.69) is 43.4 Å². The van der Waals surface area contributed by atoms with Gasteiger partial charge < -0.3 is 9.47 Å². The second-order valence-electron chi connectivity index (χ2n) is 5.43. The Hall–Kier alpha value is 0.650. The van der Waals surface area contributed by atoms with Crippen LogP contribution in [0.4, 0.5) is 0 Å². The van der Waals surface area contributed by atoms with E-state index in [4.69, 9.17) is 9.47 Å². The van der Waals surface area contributed by atoms with Gasteiger partial charge in [-0.3, -0.25) is 0 Å². The molecule has 3 heteroatoms. The normalized spacial score (nSPS) is 26.5. The predicted molar refractivity (Wildman–Crippen MR) is 80.6 cm³/mol. The first kappa shape index (κ1) is 15.7. The second kappa shape index (κ2) is 8.70. The molecule has 0 aromatic carbocycles. The van der Waals surface area contributed by atoms with E-state index in [1.807, 2.05) is 0 Å². The molecule has 0 aliphatic carbocycles. The molecule has 0 saturated carbocycles. The summed E-state index contributed by atoms with van der Waals surface area (Å²) in [5, 5.41) is 0. The molecule has 1 rings (SSSR count). The average Bonchev–Trinajstić information content (AvgIpc) is 2.30. The van der Waals surface area contributed by atoms with Crippen LogP contribution in [0.5, 0.6) is 0 Å². The van der Waals surface area contributed by atoms with E-state index < -0.39 is 0 Å². The van der Waals surface area contributed by atoms with Crippen LogP contribution >= 0.6 is 22.6 Å². The summed E-state index contributed by atoms with van der Waals surface area (Å²) in [5.74, 6) is 1.46. The van der Waals surface area contributed by atoms with Gasteiger partial charge in [0.2, 0.25) is 0 Å². The van der Waals surface area contributed by atoms with Crippen molar-refractivity contribution < 1.29 is 9.47 Å². The molecular weight excluding hydrogens is 327 g/mol. The number of hydrogen-bond donors (Lipinski definition) is 0. The molecular formula is C14H27IO2. The van der Waals surface area contributed by atoms with Gasteiger partial charge in [0.1, 0.15) is 4.11 Å². The molecule has 17 heavy (non-hydrogen) atoms. The number of rotatable bonds is 7. The number of ether oxygens (including phenoxy) is 2. The van der Waals surface area contributed by atoms with Crippen LogP contribution in [0.3, 0.4) is 0 Å². The Kier molecular flexibility index (Phi) is 8.04. The highest BCUT2D eigenvalue weighted by Crippen LogP contribution is 2.26. The SMILES string of the molecule is CCCC(C)CC(C)C(I)OC1CCCOC1. The minimum Gasteiger partial charge on any atom is -0.379 e. The van der Waals surface area contributed by atoms with E-state index in [0.29, 0.717) is 16.1 Å². The molecule has 0 N–H and O–H groups in total. The summed E-state index contributed by atoms with van der Waals surface area (Å²) in [5.41, 5.74) is 0. The van der Waals surface area contributed by atoms with Crippen LogP contribution in [-0.4, -0.2) is 23.4 Å². The van der Waals surface area contributed by atoms with Gasteiger partial charge in [-0.15, -0.1) is 0 Å². The molecule has 0 radical (unpaired) electrons. The Bertz CT molecular complexity index is 193. The first-order chi connectivity index (χ1) is 8.13. The first-order valence-corrected chi connectivity index (χ1v) is 8.25. The largest absolute Gasteiger partial charge is 0.379 e. The molecule has 1 aliphatic rings. The van der Waals surface area contributed by atoms with Gasteiger partial charge in [0.05, 0.1) is 12.7 Å². The van der Waals surface area contributed by atoms with Gasteiger partial charge in [-0.2, -0.15) is 0 Å². The molecule has 2 nitrogen and oxygen atoms in total. The summed E-state index contributed by atoms with van der Waals surface area (Å²) in [7, 11) is 0. The Morgan fingerprint density at radius 2 is 2.18 bits per heavy atom. The van der Waals surface area contributed by atoms with E-state index in [-0.39, 0.29) is 0 Å². The van der Waals surface area contributed by atoms with E-state index in [1.54, 1.807) is 0 Å². The first-order valence-electron chi connectivity index (χ1n) is 7.00. The summed E-state index contributed by atoms with van der Waals surface area (Å²) in [6.07, 6.45) is 6.53. The fourth-order valence-electron chi connectivity index (χ4n) is 2.49. The second-order valence-corrected chi connectivity index (χ2v) is 6.66. The topological polar surface area (TPSA) is 18.5 Å². The maximum Gasteiger partial charge on any atom is 0.111 e. The quantitative estimate of drug-likeness (QED) is 0.498. The van der Waals surface area contributed by atoms with Crippen LogP contribution < -0.4 is 0 Å². The third kappa shape index (κ3) is 6.39. The highest BCUT2D eigenvalue weighted by atomic mass is 127. The fourth-order valence-corrected chi connectivity index (χ4v) is 3.20. The summed E-state index contributed by atoms with van der Waals surface area (Å²) < 4.78 is 11.9. The van der Waals surface area contributed by atoms with Gasteiger partial charge in [0, 0.05) is 6.61 Å². The summed E-state index contributed by atoms with van der Waals surface area (Å²) in [4.78, 5) is 0. The van der Waals surface area contributed by atoms with Crippen molar-refractivity contribution in [3.05, 3.63) is 0 Å². The van der Waals surface area contributed by atoms with E-state index in [9.17, 15) is 0 Å². The van der Waals surface area contributed by atoms with Gasteiger partial charge in [0.25, 0.3) is 0 Å². The van der Waals surface area contributed by atoms with Crippen molar-refractivity contribution in [1.29, 1.82) is 0 Å². The molecule has 1 saturated heterocycles. The molecule has 1 heterocycles. The zero-order valence-electron chi connectivity index (χ0n) is 11.5. The van der Waals surface area contributed by atoms with Crippen LogP contribution in [0, 0.1) is 11.8 Å². The van der Waals surface area contributed by atoms with Gasteiger partial charge in [0.15, 0.2) is 0 Å². The van der Waals surface area contributed by atoms with Crippen LogP contribution in [0.2, 0.25) is 0 Å². The lowest BCUT2D eigenvalue weighted by atomic mass is 9.94. The van der Waals surface area contributed by atoms with Gasteiger partial charge >= 0.3 is 0 Å². The number of alkyl halides is 1. The zero-order chi connectivity index (χ0) is 12.7. The molecule has 0 spiro atoms. The fraction of sp³-hybridized carbons (Fsp3) is 1.00. The zero-order valence-corrected chi connectivity index (χ0v) is 13.6. The van der Waals surface area contributed by atoms with Crippen molar-refractivity contribution in [2.75, 3.05) is 13.2 Å². The summed E-state index contributed by atoms with van der Waals surface area (Å²) in [6, 6.07) is 0. The van der Waals surface area contributed by atoms with Crippen LogP contribution in [-0.2, 0) is 9.47 Å². The molecule has 4 unspecified atom stereocenters. The Balaban J connectivity index is 2.22. The monoisotopic (exact) mass is 354 g/mol. The molecule has 0 aromatic heterocycles. The lowest BCUT2D eigenvalue weighted by Crippen LogP contribution is -2.30. The average molecular weight is 354 g/mol. The van der Waals surface area contributed by atoms with Crippen molar-refractivity contribution in [2.45, 2.75) is 63.1 Å². The molecule has 0 aromatic rings. The van der Waals surface area contributed by atoms with Crippen molar-refractivity contribution in [3.63, 3.8) is 0 Å². The third-order valence-corrected chi connectivity index (χ3v) is 4.97. The van der Waals surface area contributed by atoms with E-state index in [0.717, 1.165) is 32.0 Å². The molecule has 1 fully saturated rings.